The Balaban J connectivity index is 3.16. The largest absolute Gasteiger partial charge is 0.399 e. The number of carbonyl (C=O) groups is 1. The monoisotopic (exact) mass is 367 g/mol. The van der Waals surface area contributed by atoms with E-state index in [1.807, 2.05) is 0 Å². The molecule has 0 heterocycles. The predicted molar refractivity (Wildman–Crippen MR) is 77.0 cm³/mol. The van der Waals surface area contributed by atoms with Crippen LogP contribution >= 0.6 is 15.9 Å². The summed E-state index contributed by atoms with van der Waals surface area (Å²) >= 11 is 2.89. The van der Waals surface area contributed by atoms with E-state index in [2.05, 4.69) is 20.7 Å². The first-order chi connectivity index (χ1) is 9.06. The lowest BCUT2D eigenvalue weighted by molar-refractivity contribution is -0.130. The molecule has 9 heteroatoms. The lowest BCUT2D eigenvalue weighted by atomic mass is 10.3. The van der Waals surface area contributed by atoms with Crippen LogP contribution in [-0.4, -0.2) is 39.4 Å². The Morgan fingerprint density at radius 2 is 2.00 bits per heavy atom. The number of hydrogen-bond donors (Lipinski definition) is 2. The van der Waals surface area contributed by atoms with Gasteiger partial charge in [-0.1, -0.05) is 0 Å². The molecular formula is C11H15BrFN3O3S. The summed E-state index contributed by atoms with van der Waals surface area (Å²) in [5.41, 5.74) is 5.59. The third-order valence-corrected chi connectivity index (χ3v) is 4.57. The van der Waals surface area contributed by atoms with E-state index in [1.165, 1.54) is 32.0 Å². The zero-order chi connectivity index (χ0) is 15.7. The third-order valence-electron chi connectivity index (χ3n) is 2.45. The van der Waals surface area contributed by atoms with Crippen LogP contribution in [0.2, 0.25) is 0 Å². The normalized spacial score (nSPS) is 13.1. The highest BCUT2D eigenvalue weighted by atomic mass is 79.9. The molecule has 1 rings (SSSR count). The van der Waals surface area contributed by atoms with Gasteiger partial charge in [0.25, 0.3) is 0 Å². The molecule has 1 unspecified atom stereocenters. The van der Waals surface area contributed by atoms with E-state index < -0.39 is 32.7 Å². The number of likely N-dealkylation sites (N-methyl/N-ethyl adjacent to an activating group) is 1. The molecule has 0 aromatic heterocycles. The van der Waals surface area contributed by atoms with Gasteiger partial charge >= 0.3 is 0 Å². The van der Waals surface area contributed by atoms with E-state index in [-0.39, 0.29) is 10.2 Å². The summed E-state index contributed by atoms with van der Waals surface area (Å²) in [7, 11) is -1.21. The molecular weight excluding hydrogens is 353 g/mol. The first kappa shape index (κ1) is 16.9. The highest BCUT2D eigenvalue weighted by Crippen LogP contribution is 2.26. The minimum absolute atomic E-state index is 0.0653. The zero-order valence-corrected chi connectivity index (χ0v) is 13.5. The van der Waals surface area contributed by atoms with Gasteiger partial charge in [0.2, 0.25) is 15.9 Å². The summed E-state index contributed by atoms with van der Waals surface area (Å²) in [4.78, 5) is 12.3. The Hall–Kier alpha value is -1.19. The fourth-order valence-corrected chi connectivity index (χ4v) is 3.45. The van der Waals surface area contributed by atoms with Crippen LogP contribution in [0.5, 0.6) is 0 Å². The second kappa shape index (κ2) is 6.06. The second-order valence-corrected chi connectivity index (χ2v) is 6.93. The van der Waals surface area contributed by atoms with Gasteiger partial charge in [-0.15, -0.1) is 0 Å². The molecule has 0 bridgehead atoms. The van der Waals surface area contributed by atoms with Gasteiger partial charge in [0.05, 0.1) is 10.5 Å². The van der Waals surface area contributed by atoms with Crippen LogP contribution < -0.4 is 10.5 Å². The molecule has 0 saturated heterocycles. The number of nitrogen functional groups attached to an aromatic ring is 1. The molecule has 3 N–H and O–H groups in total. The van der Waals surface area contributed by atoms with Crippen LogP contribution in [0.4, 0.5) is 10.1 Å². The Kier molecular flexibility index (Phi) is 5.11. The summed E-state index contributed by atoms with van der Waals surface area (Å²) < 4.78 is 40.1. The Morgan fingerprint density at radius 1 is 1.45 bits per heavy atom. The minimum Gasteiger partial charge on any atom is -0.399 e. The number of nitrogens with one attached hydrogen (secondary N) is 1. The fourth-order valence-electron chi connectivity index (χ4n) is 1.51. The van der Waals surface area contributed by atoms with E-state index in [1.54, 1.807) is 0 Å². The van der Waals surface area contributed by atoms with Crippen molar-refractivity contribution in [2.24, 2.45) is 0 Å². The van der Waals surface area contributed by atoms with Gasteiger partial charge in [-0.05, 0) is 35.0 Å². The van der Waals surface area contributed by atoms with E-state index in [0.29, 0.717) is 0 Å². The van der Waals surface area contributed by atoms with Crippen molar-refractivity contribution in [3.8, 4) is 0 Å². The van der Waals surface area contributed by atoms with Crippen LogP contribution in [0.3, 0.4) is 0 Å². The van der Waals surface area contributed by atoms with Gasteiger partial charge in [-0.3, -0.25) is 4.79 Å². The van der Waals surface area contributed by atoms with Crippen molar-refractivity contribution in [1.29, 1.82) is 0 Å². The van der Waals surface area contributed by atoms with E-state index in [4.69, 9.17) is 5.73 Å². The molecule has 1 atom stereocenters. The number of benzene rings is 1. The predicted octanol–water partition coefficient (Wildman–Crippen LogP) is 0.925. The lowest BCUT2D eigenvalue weighted by Gasteiger charge is -2.18. The summed E-state index contributed by atoms with van der Waals surface area (Å²) in [5, 5.41) is 0. The molecule has 6 nitrogen and oxygen atoms in total. The van der Waals surface area contributed by atoms with E-state index in [0.717, 1.165) is 6.07 Å². The van der Waals surface area contributed by atoms with Crippen molar-refractivity contribution < 1.29 is 17.6 Å². The molecule has 1 aromatic rings. The number of nitrogens with zero attached hydrogens (tertiary/aromatic N) is 1. The minimum atomic E-state index is -4.20. The van der Waals surface area contributed by atoms with Gasteiger partial charge in [-0.25, -0.2) is 12.8 Å². The lowest BCUT2D eigenvalue weighted by Crippen LogP contribution is -2.44. The maximum Gasteiger partial charge on any atom is 0.244 e. The molecule has 0 spiro atoms. The Bertz CT molecular complexity index is 634. The standard InChI is InChI=1S/C11H15BrFN3O3S/c1-6(11(17)16(2)3)15-20(18,19)9-5-7(14)4-8(12)10(9)13/h4-6,15H,14H2,1-3H3. The number of halogens is 2. The van der Waals surface area contributed by atoms with Crippen molar-refractivity contribution in [2.45, 2.75) is 17.9 Å². The number of hydrogen-bond acceptors (Lipinski definition) is 4. The quantitative estimate of drug-likeness (QED) is 0.774. The van der Waals surface area contributed by atoms with Crippen LogP contribution in [0, 0.1) is 5.82 Å². The number of sulfonamides is 1. The SMILES string of the molecule is CC(NS(=O)(=O)c1cc(N)cc(Br)c1F)C(=O)N(C)C. The van der Waals surface area contributed by atoms with Gasteiger partial charge in [-0.2, -0.15) is 4.72 Å². The summed E-state index contributed by atoms with van der Waals surface area (Å²) in [6.07, 6.45) is 0. The van der Waals surface area contributed by atoms with Crippen molar-refractivity contribution in [2.75, 3.05) is 19.8 Å². The maximum atomic E-state index is 13.9. The highest BCUT2D eigenvalue weighted by molar-refractivity contribution is 9.10. The van der Waals surface area contributed by atoms with E-state index in [9.17, 15) is 17.6 Å². The molecule has 0 radical (unpaired) electrons. The zero-order valence-electron chi connectivity index (χ0n) is 11.1. The number of rotatable bonds is 4. The van der Waals surface area contributed by atoms with E-state index >= 15 is 0 Å². The molecule has 0 fully saturated rings. The molecule has 1 aromatic carbocycles. The first-order valence-electron chi connectivity index (χ1n) is 5.54. The van der Waals surface area contributed by atoms with Crippen LogP contribution in [0.15, 0.2) is 21.5 Å². The summed E-state index contributed by atoms with van der Waals surface area (Å²) in [6.45, 7) is 1.37. The average Bonchev–Trinajstić information content (AvgIpc) is 2.31. The highest BCUT2D eigenvalue weighted by Gasteiger charge is 2.26. The van der Waals surface area contributed by atoms with Gasteiger partial charge in [0.1, 0.15) is 4.90 Å². The number of amides is 1. The van der Waals surface area contributed by atoms with Crippen LogP contribution in [-0.2, 0) is 14.8 Å². The summed E-state index contributed by atoms with van der Waals surface area (Å²) in [5.74, 6) is -1.41. The second-order valence-electron chi connectivity index (χ2n) is 4.39. The summed E-state index contributed by atoms with van der Waals surface area (Å²) in [6, 6.07) is 1.23. The topological polar surface area (TPSA) is 92.5 Å². The first-order valence-corrected chi connectivity index (χ1v) is 7.82. The van der Waals surface area contributed by atoms with Crippen molar-refractivity contribution >= 4 is 37.5 Å². The van der Waals surface area contributed by atoms with Crippen LogP contribution in [0.25, 0.3) is 0 Å². The van der Waals surface area contributed by atoms with Gasteiger partial charge in [0.15, 0.2) is 5.82 Å². The Labute approximate surface area is 125 Å². The van der Waals surface area contributed by atoms with Crippen LogP contribution in [0.1, 0.15) is 6.92 Å². The Morgan fingerprint density at radius 3 is 2.50 bits per heavy atom. The molecule has 0 aliphatic heterocycles. The van der Waals surface area contributed by atoms with Crippen molar-refractivity contribution in [3.63, 3.8) is 0 Å². The number of carbonyl (C=O) groups excluding carboxylic acids is 1. The molecule has 1 amide bonds. The molecule has 112 valence electrons. The van der Waals surface area contributed by atoms with Crippen molar-refractivity contribution in [3.05, 3.63) is 22.4 Å². The molecule has 20 heavy (non-hydrogen) atoms. The molecule has 0 aliphatic rings. The fraction of sp³-hybridized carbons (Fsp3) is 0.364. The average molecular weight is 368 g/mol. The van der Waals surface area contributed by atoms with Crippen molar-refractivity contribution in [1.82, 2.24) is 9.62 Å². The van der Waals surface area contributed by atoms with Gasteiger partial charge < -0.3 is 10.6 Å². The number of nitrogens with two attached hydrogens (primary N) is 1. The molecule has 0 aliphatic carbocycles. The smallest absolute Gasteiger partial charge is 0.244 e. The number of anilines is 1. The maximum absolute atomic E-state index is 13.9. The van der Waals surface area contributed by atoms with Gasteiger partial charge in [0, 0.05) is 19.8 Å². The third kappa shape index (κ3) is 3.68. The molecule has 0 saturated carbocycles.